The minimum atomic E-state index is -3.72. The molecule has 136 valence electrons. The Morgan fingerprint density at radius 3 is 2.13 bits per heavy atom. The fourth-order valence-electron chi connectivity index (χ4n) is 2.11. The van der Waals surface area contributed by atoms with E-state index in [-0.39, 0.29) is 26.2 Å². The molecule has 0 aromatic carbocycles. The third-order valence-electron chi connectivity index (χ3n) is 2.98. The molecule has 1 heterocycles. The summed E-state index contributed by atoms with van der Waals surface area (Å²) < 4.78 is 57.0. The molecule has 1 atom stereocenters. The number of carbonyl (C=O) groups excluding carboxylic acids is 1. The summed E-state index contributed by atoms with van der Waals surface area (Å²) in [6.45, 7) is 5.03. The van der Waals surface area contributed by atoms with Gasteiger partial charge in [-0.2, -0.15) is 12.7 Å². The van der Waals surface area contributed by atoms with Crippen LogP contribution in [0.3, 0.4) is 0 Å². The highest BCUT2D eigenvalue weighted by Crippen LogP contribution is 2.17. The van der Waals surface area contributed by atoms with E-state index in [1.165, 1.54) is 4.90 Å². The van der Waals surface area contributed by atoms with Gasteiger partial charge in [-0.3, -0.25) is 4.18 Å². The minimum absolute atomic E-state index is 0.00248. The van der Waals surface area contributed by atoms with Crippen LogP contribution in [0.25, 0.3) is 0 Å². The molecule has 0 radical (unpaired) electrons. The number of hydrogen-bond acceptors (Lipinski definition) is 7. The highest BCUT2D eigenvalue weighted by Gasteiger charge is 2.36. The van der Waals surface area contributed by atoms with Crippen LogP contribution in [-0.2, 0) is 29.1 Å². The van der Waals surface area contributed by atoms with Gasteiger partial charge in [-0.15, -0.1) is 0 Å². The second-order valence-electron chi connectivity index (χ2n) is 6.44. The van der Waals surface area contributed by atoms with Gasteiger partial charge in [0, 0.05) is 19.6 Å². The Hall–Kier alpha value is -0.910. The summed E-state index contributed by atoms with van der Waals surface area (Å²) in [7, 11) is -7.26. The highest BCUT2D eigenvalue weighted by atomic mass is 32.2. The molecule has 0 saturated carbocycles. The number of sulfonamides is 1. The largest absolute Gasteiger partial charge is 0.444 e. The van der Waals surface area contributed by atoms with Gasteiger partial charge in [-0.05, 0) is 20.8 Å². The third-order valence-corrected chi connectivity index (χ3v) is 4.88. The fraction of sp³-hybridized carbons (Fsp3) is 0.917. The minimum Gasteiger partial charge on any atom is -0.444 e. The lowest BCUT2D eigenvalue weighted by atomic mass is 10.2. The van der Waals surface area contributed by atoms with Crippen LogP contribution in [0.2, 0.25) is 0 Å². The third kappa shape index (κ3) is 7.02. The Kier molecular flexibility index (Phi) is 6.05. The van der Waals surface area contributed by atoms with Crippen LogP contribution >= 0.6 is 0 Å². The van der Waals surface area contributed by atoms with Crippen molar-refractivity contribution in [1.82, 2.24) is 9.21 Å². The molecule has 1 rings (SSSR count). The monoisotopic (exact) mass is 372 g/mol. The fourth-order valence-corrected chi connectivity index (χ4v) is 3.59. The molecule has 0 aromatic heterocycles. The molecular weight excluding hydrogens is 348 g/mol. The van der Waals surface area contributed by atoms with Crippen molar-refractivity contribution in [3.05, 3.63) is 0 Å². The van der Waals surface area contributed by atoms with E-state index in [4.69, 9.17) is 8.92 Å². The summed E-state index contributed by atoms with van der Waals surface area (Å²) in [5.41, 5.74) is -0.677. The predicted octanol–water partition coefficient (Wildman–Crippen LogP) is -0.156. The standard InChI is InChI=1S/C12H24N2O7S2/c1-12(2,3)21-11(15)13-6-7-14(22(4,16)17)10(8-13)9-20-23(5,18)19/h10H,6-9H2,1-5H3/t10-/m1/s1. The zero-order chi connectivity index (χ0) is 18.1. The zero-order valence-corrected chi connectivity index (χ0v) is 15.6. The van der Waals surface area contributed by atoms with E-state index in [1.54, 1.807) is 20.8 Å². The highest BCUT2D eigenvalue weighted by molar-refractivity contribution is 7.88. The molecule has 1 fully saturated rings. The lowest BCUT2D eigenvalue weighted by Gasteiger charge is -2.39. The summed E-state index contributed by atoms with van der Waals surface area (Å²) in [5, 5.41) is 0. The van der Waals surface area contributed by atoms with Gasteiger partial charge < -0.3 is 9.64 Å². The topological polar surface area (TPSA) is 110 Å². The molecule has 0 aromatic rings. The molecule has 1 aliphatic rings. The summed E-state index contributed by atoms with van der Waals surface area (Å²) in [5.74, 6) is 0. The van der Waals surface area contributed by atoms with Gasteiger partial charge in [0.15, 0.2) is 0 Å². The van der Waals surface area contributed by atoms with Gasteiger partial charge in [0.2, 0.25) is 10.0 Å². The first kappa shape index (κ1) is 20.1. The van der Waals surface area contributed by atoms with Gasteiger partial charge in [0.05, 0.1) is 25.2 Å². The van der Waals surface area contributed by atoms with Crippen molar-refractivity contribution in [1.29, 1.82) is 0 Å². The maximum absolute atomic E-state index is 12.1. The summed E-state index contributed by atoms with van der Waals surface area (Å²) in [6.07, 6.45) is 1.34. The quantitative estimate of drug-likeness (QED) is 0.631. The van der Waals surface area contributed by atoms with E-state index < -0.39 is 37.9 Å². The first-order valence-corrected chi connectivity index (χ1v) is 10.6. The second-order valence-corrected chi connectivity index (χ2v) is 10.0. The van der Waals surface area contributed by atoms with Crippen LogP contribution in [0.5, 0.6) is 0 Å². The number of nitrogens with zero attached hydrogens (tertiary/aromatic N) is 2. The predicted molar refractivity (Wildman–Crippen MR) is 83.9 cm³/mol. The first-order valence-electron chi connectivity index (χ1n) is 6.98. The number of piperazine rings is 1. The normalized spacial score (nSPS) is 21.3. The van der Waals surface area contributed by atoms with Crippen molar-refractivity contribution in [2.24, 2.45) is 0 Å². The van der Waals surface area contributed by atoms with E-state index in [0.717, 1.165) is 16.8 Å². The summed E-state index contributed by atoms with van der Waals surface area (Å²) in [4.78, 5) is 13.4. The summed E-state index contributed by atoms with van der Waals surface area (Å²) in [6, 6.07) is -0.791. The lowest BCUT2D eigenvalue weighted by molar-refractivity contribution is 0.0102. The van der Waals surface area contributed by atoms with Crippen molar-refractivity contribution < 1.29 is 30.6 Å². The molecule has 1 aliphatic heterocycles. The molecule has 23 heavy (non-hydrogen) atoms. The molecule has 9 nitrogen and oxygen atoms in total. The van der Waals surface area contributed by atoms with Crippen LogP contribution in [0.15, 0.2) is 0 Å². The molecule has 11 heteroatoms. The molecule has 1 saturated heterocycles. The Balaban J connectivity index is 2.87. The molecule has 0 unspecified atom stereocenters. The summed E-state index contributed by atoms with van der Waals surface area (Å²) >= 11 is 0. The Morgan fingerprint density at radius 2 is 1.70 bits per heavy atom. The molecular formula is C12H24N2O7S2. The van der Waals surface area contributed by atoms with Crippen LogP contribution in [0, 0.1) is 0 Å². The Labute approximate surface area is 137 Å². The molecule has 1 amide bonds. The smallest absolute Gasteiger partial charge is 0.410 e. The van der Waals surface area contributed by atoms with E-state index in [9.17, 15) is 21.6 Å². The number of hydrogen-bond donors (Lipinski definition) is 0. The number of rotatable bonds is 4. The van der Waals surface area contributed by atoms with Crippen molar-refractivity contribution in [2.45, 2.75) is 32.4 Å². The van der Waals surface area contributed by atoms with Crippen molar-refractivity contribution in [3.63, 3.8) is 0 Å². The molecule has 0 N–H and O–H groups in total. The van der Waals surface area contributed by atoms with Crippen molar-refractivity contribution in [3.8, 4) is 0 Å². The van der Waals surface area contributed by atoms with E-state index in [2.05, 4.69) is 0 Å². The van der Waals surface area contributed by atoms with E-state index in [1.807, 2.05) is 0 Å². The van der Waals surface area contributed by atoms with E-state index in [0.29, 0.717) is 0 Å². The van der Waals surface area contributed by atoms with Gasteiger partial charge in [-0.1, -0.05) is 0 Å². The van der Waals surface area contributed by atoms with Crippen molar-refractivity contribution >= 4 is 26.2 Å². The number of amides is 1. The average molecular weight is 372 g/mol. The van der Waals surface area contributed by atoms with E-state index >= 15 is 0 Å². The number of carbonyl (C=O) groups is 1. The second kappa shape index (κ2) is 6.91. The molecule has 0 spiro atoms. The first-order chi connectivity index (χ1) is 10.2. The van der Waals surface area contributed by atoms with Gasteiger partial charge >= 0.3 is 6.09 Å². The molecule has 0 bridgehead atoms. The Morgan fingerprint density at radius 1 is 1.13 bits per heavy atom. The SMILES string of the molecule is CC(C)(C)OC(=O)N1CCN(S(C)(=O)=O)[C@@H](COS(C)(=O)=O)C1. The van der Waals surface area contributed by atoms with Crippen LogP contribution in [0.4, 0.5) is 4.79 Å². The van der Waals surface area contributed by atoms with Gasteiger partial charge in [0.1, 0.15) is 5.60 Å². The Bertz CT molecular complexity index is 637. The average Bonchev–Trinajstić information content (AvgIpc) is 2.31. The van der Waals surface area contributed by atoms with Crippen LogP contribution in [0.1, 0.15) is 20.8 Å². The van der Waals surface area contributed by atoms with Crippen molar-refractivity contribution in [2.75, 3.05) is 38.8 Å². The van der Waals surface area contributed by atoms with Gasteiger partial charge in [-0.25, -0.2) is 13.2 Å². The number of ether oxygens (including phenoxy) is 1. The van der Waals surface area contributed by atoms with Crippen LogP contribution < -0.4 is 0 Å². The zero-order valence-electron chi connectivity index (χ0n) is 14.0. The molecule has 0 aliphatic carbocycles. The van der Waals surface area contributed by atoms with Gasteiger partial charge in [0.25, 0.3) is 10.1 Å². The maximum atomic E-state index is 12.1. The maximum Gasteiger partial charge on any atom is 0.410 e. The van der Waals surface area contributed by atoms with Crippen LogP contribution in [-0.4, -0.2) is 82.5 Å². The lowest BCUT2D eigenvalue weighted by Crippen LogP contribution is -2.58.